The third kappa shape index (κ3) is 4.24. The molecule has 2 heterocycles. The summed E-state index contributed by atoms with van der Waals surface area (Å²) in [5.41, 5.74) is -1.22. The second kappa shape index (κ2) is 7.34. The molecule has 26 heavy (non-hydrogen) atoms. The van der Waals surface area contributed by atoms with Crippen LogP contribution < -0.4 is 16.6 Å². The Morgan fingerprint density at radius 3 is 2.62 bits per heavy atom. The first-order valence-electron chi connectivity index (χ1n) is 7.81. The first-order chi connectivity index (χ1) is 12.1. The summed E-state index contributed by atoms with van der Waals surface area (Å²) in [7, 11) is 1.24. The lowest BCUT2D eigenvalue weighted by atomic mass is 10.1. The quantitative estimate of drug-likeness (QED) is 0.761. The van der Waals surface area contributed by atoms with E-state index in [9.17, 15) is 19.2 Å². The largest absolute Gasteiger partial charge is 0.465 e. The summed E-state index contributed by atoms with van der Waals surface area (Å²) in [5, 5.41) is 2.55. The number of aromatic amines is 1. The van der Waals surface area contributed by atoms with E-state index in [4.69, 9.17) is 0 Å². The van der Waals surface area contributed by atoms with Crippen molar-refractivity contribution in [3.05, 3.63) is 62.2 Å². The first-order valence-corrected chi connectivity index (χ1v) is 7.81. The lowest BCUT2D eigenvalue weighted by Gasteiger charge is -2.22. The van der Waals surface area contributed by atoms with Crippen LogP contribution in [0.25, 0.3) is 0 Å². The molecule has 0 bridgehead atoms. The van der Waals surface area contributed by atoms with Gasteiger partial charge < -0.3 is 10.1 Å². The third-order valence-electron chi connectivity index (χ3n) is 3.59. The number of ether oxygens (including phenoxy) is 1. The van der Waals surface area contributed by atoms with Gasteiger partial charge in [-0.1, -0.05) is 0 Å². The van der Waals surface area contributed by atoms with Crippen LogP contribution in [0.5, 0.6) is 0 Å². The maximum atomic E-state index is 12.2. The van der Waals surface area contributed by atoms with E-state index >= 15 is 0 Å². The van der Waals surface area contributed by atoms with E-state index in [1.54, 1.807) is 0 Å². The SMILES string of the molecule is COC(=O)c1ccnc(C(=O)NCc2cn(C(C)(C)C)c(=O)[nH]c2=O)c1. The summed E-state index contributed by atoms with van der Waals surface area (Å²) < 4.78 is 5.98. The van der Waals surface area contributed by atoms with Crippen LogP contribution in [0.3, 0.4) is 0 Å². The summed E-state index contributed by atoms with van der Waals surface area (Å²) in [6.45, 7) is 5.35. The Morgan fingerprint density at radius 1 is 1.31 bits per heavy atom. The number of hydrogen-bond donors (Lipinski definition) is 2. The Labute approximate surface area is 149 Å². The first kappa shape index (κ1) is 19.1. The van der Waals surface area contributed by atoms with Crippen molar-refractivity contribution in [2.75, 3.05) is 7.11 Å². The number of carbonyl (C=O) groups excluding carboxylic acids is 2. The topological polar surface area (TPSA) is 123 Å². The number of hydrogen-bond acceptors (Lipinski definition) is 6. The molecule has 2 N–H and O–H groups in total. The van der Waals surface area contributed by atoms with Gasteiger partial charge in [0.15, 0.2) is 0 Å². The molecule has 2 aromatic heterocycles. The van der Waals surface area contributed by atoms with E-state index in [0.29, 0.717) is 0 Å². The molecule has 2 rings (SSSR count). The number of pyridine rings is 1. The van der Waals surface area contributed by atoms with Crippen LogP contribution in [0.15, 0.2) is 34.1 Å². The van der Waals surface area contributed by atoms with Crippen LogP contribution in [0.2, 0.25) is 0 Å². The Hall–Kier alpha value is -3.23. The summed E-state index contributed by atoms with van der Waals surface area (Å²) in [6, 6.07) is 2.72. The molecule has 0 aliphatic heterocycles. The monoisotopic (exact) mass is 360 g/mol. The zero-order valence-electron chi connectivity index (χ0n) is 15.0. The van der Waals surface area contributed by atoms with Gasteiger partial charge in [0.1, 0.15) is 5.69 Å². The fraction of sp³-hybridized carbons (Fsp3) is 0.353. The van der Waals surface area contributed by atoms with Gasteiger partial charge in [-0.25, -0.2) is 9.59 Å². The normalized spacial score (nSPS) is 11.1. The number of H-pyrrole nitrogens is 1. The highest BCUT2D eigenvalue weighted by atomic mass is 16.5. The second-order valence-corrected chi connectivity index (χ2v) is 6.56. The number of nitrogens with one attached hydrogen (secondary N) is 2. The lowest BCUT2D eigenvalue weighted by molar-refractivity contribution is 0.0600. The van der Waals surface area contributed by atoms with E-state index < -0.39 is 28.7 Å². The number of amides is 1. The molecule has 9 nitrogen and oxygen atoms in total. The molecule has 0 spiro atoms. The smallest absolute Gasteiger partial charge is 0.337 e. The van der Waals surface area contributed by atoms with Crippen molar-refractivity contribution in [1.82, 2.24) is 19.9 Å². The molecule has 0 aliphatic carbocycles. The molecule has 0 saturated heterocycles. The highest BCUT2D eigenvalue weighted by molar-refractivity contribution is 5.96. The molecule has 2 aromatic rings. The van der Waals surface area contributed by atoms with Crippen LogP contribution in [0.4, 0.5) is 0 Å². The number of rotatable bonds is 4. The van der Waals surface area contributed by atoms with Gasteiger partial charge in [-0.2, -0.15) is 0 Å². The van der Waals surface area contributed by atoms with Crippen molar-refractivity contribution < 1.29 is 14.3 Å². The molecular weight excluding hydrogens is 340 g/mol. The van der Waals surface area contributed by atoms with E-state index in [-0.39, 0.29) is 23.4 Å². The Balaban J connectivity index is 2.21. The van der Waals surface area contributed by atoms with Crippen LogP contribution >= 0.6 is 0 Å². The third-order valence-corrected chi connectivity index (χ3v) is 3.59. The summed E-state index contributed by atoms with van der Waals surface area (Å²) >= 11 is 0. The minimum absolute atomic E-state index is 0.00784. The zero-order valence-corrected chi connectivity index (χ0v) is 15.0. The second-order valence-electron chi connectivity index (χ2n) is 6.56. The predicted octanol–water partition coefficient (Wildman–Crippen LogP) is 0.403. The molecule has 1 amide bonds. The number of carbonyl (C=O) groups is 2. The lowest BCUT2D eigenvalue weighted by Crippen LogP contribution is -2.40. The van der Waals surface area contributed by atoms with Crippen molar-refractivity contribution in [2.45, 2.75) is 32.9 Å². The molecule has 0 aliphatic rings. The van der Waals surface area contributed by atoms with Crippen molar-refractivity contribution >= 4 is 11.9 Å². The molecule has 0 radical (unpaired) electrons. The van der Waals surface area contributed by atoms with Crippen LogP contribution in [0.1, 0.15) is 47.2 Å². The van der Waals surface area contributed by atoms with Crippen molar-refractivity contribution in [3.8, 4) is 0 Å². The summed E-state index contributed by atoms with van der Waals surface area (Å²) in [6.07, 6.45) is 2.73. The molecule has 138 valence electrons. The Bertz CT molecular complexity index is 953. The van der Waals surface area contributed by atoms with E-state index in [1.807, 2.05) is 20.8 Å². The maximum Gasteiger partial charge on any atom is 0.337 e. The van der Waals surface area contributed by atoms with Gasteiger partial charge in [0, 0.05) is 17.9 Å². The van der Waals surface area contributed by atoms with Gasteiger partial charge in [0.25, 0.3) is 11.5 Å². The van der Waals surface area contributed by atoms with Gasteiger partial charge >= 0.3 is 11.7 Å². The molecule has 0 aromatic carbocycles. The average molecular weight is 360 g/mol. The highest BCUT2D eigenvalue weighted by Crippen LogP contribution is 2.10. The van der Waals surface area contributed by atoms with E-state index in [0.717, 1.165) is 0 Å². The van der Waals surface area contributed by atoms with Crippen LogP contribution in [0, 0.1) is 0 Å². The van der Waals surface area contributed by atoms with Gasteiger partial charge in [0.2, 0.25) is 0 Å². The maximum absolute atomic E-state index is 12.2. The van der Waals surface area contributed by atoms with Crippen molar-refractivity contribution in [2.24, 2.45) is 0 Å². The van der Waals surface area contributed by atoms with E-state index in [2.05, 4.69) is 20.0 Å². The minimum atomic E-state index is -0.588. The highest BCUT2D eigenvalue weighted by Gasteiger charge is 2.17. The molecule has 0 fully saturated rings. The van der Waals surface area contributed by atoms with Gasteiger partial charge in [-0.15, -0.1) is 0 Å². The molecular formula is C17H20N4O5. The Morgan fingerprint density at radius 2 is 2.00 bits per heavy atom. The minimum Gasteiger partial charge on any atom is -0.465 e. The fourth-order valence-corrected chi connectivity index (χ4v) is 2.20. The number of nitrogens with zero attached hydrogens (tertiary/aromatic N) is 2. The number of methoxy groups -OCH3 is 1. The standard InChI is InChI=1S/C17H20N4O5/c1-17(2,3)21-9-11(13(22)20-16(21)25)8-19-14(23)12-7-10(5-6-18-12)15(24)26-4/h5-7,9H,8H2,1-4H3,(H,19,23)(H,20,22,25). The van der Waals surface area contributed by atoms with Gasteiger partial charge in [-0.05, 0) is 32.9 Å². The number of aromatic nitrogens is 3. The van der Waals surface area contributed by atoms with Crippen LogP contribution in [-0.4, -0.2) is 33.5 Å². The van der Waals surface area contributed by atoms with E-state index in [1.165, 1.54) is 36.2 Å². The van der Waals surface area contributed by atoms with Gasteiger partial charge in [-0.3, -0.25) is 24.1 Å². The predicted molar refractivity (Wildman–Crippen MR) is 93.1 cm³/mol. The van der Waals surface area contributed by atoms with Crippen molar-refractivity contribution in [1.29, 1.82) is 0 Å². The summed E-state index contributed by atoms with van der Waals surface area (Å²) in [5.74, 6) is -1.15. The molecule has 0 unspecified atom stereocenters. The van der Waals surface area contributed by atoms with Crippen molar-refractivity contribution in [3.63, 3.8) is 0 Å². The molecule has 9 heteroatoms. The van der Waals surface area contributed by atoms with Crippen LogP contribution in [-0.2, 0) is 16.8 Å². The molecule has 0 atom stereocenters. The zero-order chi connectivity index (χ0) is 19.5. The van der Waals surface area contributed by atoms with Gasteiger partial charge in [0.05, 0.1) is 24.8 Å². The summed E-state index contributed by atoms with van der Waals surface area (Å²) in [4.78, 5) is 53.7. The number of esters is 1. The molecule has 0 saturated carbocycles. The Kier molecular flexibility index (Phi) is 5.39. The average Bonchev–Trinajstić information content (AvgIpc) is 2.59. The fourth-order valence-electron chi connectivity index (χ4n) is 2.20.